The number of halogens is 2. The monoisotopic (exact) mass is 446 g/mol. The Kier molecular flexibility index (Phi) is 8.46. The van der Waals surface area contributed by atoms with Crippen molar-refractivity contribution >= 4 is 17.8 Å². The van der Waals surface area contributed by atoms with Gasteiger partial charge in [-0.3, -0.25) is 9.59 Å². The third kappa shape index (κ3) is 8.45. The predicted molar refractivity (Wildman–Crippen MR) is 116 cm³/mol. The number of nitrogens with one attached hydrogen (secondary N) is 2. The maximum Gasteiger partial charge on any atom is 0.329 e. The third-order valence-electron chi connectivity index (χ3n) is 4.35. The fraction of sp³-hybridized carbons (Fsp3) is 0.375. The Bertz CT molecular complexity index is 938. The molecular formula is C24H28F2N2O4. The molecule has 2 aromatic rings. The van der Waals surface area contributed by atoms with E-state index in [9.17, 15) is 23.2 Å². The first-order valence-electron chi connectivity index (χ1n) is 10.2. The van der Waals surface area contributed by atoms with Gasteiger partial charge in [-0.2, -0.15) is 0 Å². The van der Waals surface area contributed by atoms with Gasteiger partial charge in [-0.25, -0.2) is 13.6 Å². The number of carbonyl (C=O) groups excluding carboxylic acids is 3. The molecule has 32 heavy (non-hydrogen) atoms. The minimum atomic E-state index is -0.985. The number of amides is 2. The van der Waals surface area contributed by atoms with Crippen molar-refractivity contribution in [3.8, 4) is 0 Å². The van der Waals surface area contributed by atoms with Gasteiger partial charge in [0.1, 0.15) is 29.3 Å². The maximum absolute atomic E-state index is 13.3. The minimum Gasteiger partial charge on any atom is -0.458 e. The van der Waals surface area contributed by atoms with E-state index >= 15 is 0 Å². The predicted octanol–water partition coefficient (Wildman–Crippen LogP) is 3.08. The van der Waals surface area contributed by atoms with E-state index in [1.165, 1.54) is 6.92 Å². The largest absolute Gasteiger partial charge is 0.458 e. The summed E-state index contributed by atoms with van der Waals surface area (Å²) in [5, 5.41) is 5.10. The molecule has 0 heterocycles. The van der Waals surface area contributed by atoms with Crippen LogP contribution in [0.2, 0.25) is 0 Å². The Balaban J connectivity index is 2.03. The van der Waals surface area contributed by atoms with Crippen LogP contribution in [0.3, 0.4) is 0 Å². The molecule has 0 aliphatic carbocycles. The van der Waals surface area contributed by atoms with E-state index in [2.05, 4.69) is 10.6 Å². The van der Waals surface area contributed by atoms with Crippen molar-refractivity contribution < 1.29 is 27.9 Å². The molecule has 0 aliphatic rings. The van der Waals surface area contributed by atoms with Gasteiger partial charge in [0, 0.05) is 12.5 Å². The Hall–Kier alpha value is -3.29. The normalized spacial score (nSPS) is 13.1. The van der Waals surface area contributed by atoms with Crippen molar-refractivity contribution in [2.75, 3.05) is 0 Å². The van der Waals surface area contributed by atoms with Crippen LogP contribution < -0.4 is 10.6 Å². The summed E-state index contributed by atoms with van der Waals surface area (Å²) in [5.41, 5.74) is 0.230. The van der Waals surface area contributed by atoms with Gasteiger partial charge < -0.3 is 15.4 Å². The zero-order valence-corrected chi connectivity index (χ0v) is 18.6. The molecule has 2 rings (SSSR count). The van der Waals surface area contributed by atoms with Crippen LogP contribution in [0.5, 0.6) is 0 Å². The highest BCUT2D eigenvalue weighted by molar-refractivity contribution is 5.91. The second kappa shape index (κ2) is 10.8. The van der Waals surface area contributed by atoms with Crippen LogP contribution in [0, 0.1) is 11.6 Å². The van der Waals surface area contributed by atoms with Crippen molar-refractivity contribution in [2.24, 2.45) is 0 Å². The molecule has 2 amide bonds. The van der Waals surface area contributed by atoms with Gasteiger partial charge in [-0.1, -0.05) is 30.3 Å². The molecule has 2 N–H and O–H groups in total. The first kappa shape index (κ1) is 25.0. The molecule has 0 aromatic heterocycles. The zero-order valence-electron chi connectivity index (χ0n) is 18.6. The first-order valence-corrected chi connectivity index (χ1v) is 10.2. The molecule has 172 valence electrons. The average Bonchev–Trinajstić information content (AvgIpc) is 2.65. The lowest BCUT2D eigenvalue weighted by Gasteiger charge is -2.25. The van der Waals surface area contributed by atoms with Crippen LogP contribution in [0.4, 0.5) is 8.78 Å². The molecule has 0 bridgehead atoms. The molecule has 0 fully saturated rings. The number of rotatable bonds is 8. The lowest BCUT2D eigenvalue weighted by atomic mass is 10.0. The Labute approximate surface area is 186 Å². The number of esters is 1. The van der Waals surface area contributed by atoms with E-state index in [0.717, 1.165) is 17.7 Å². The number of hydrogen-bond acceptors (Lipinski definition) is 4. The van der Waals surface area contributed by atoms with E-state index in [1.807, 2.05) is 30.3 Å². The van der Waals surface area contributed by atoms with Crippen molar-refractivity contribution in [1.29, 1.82) is 0 Å². The summed E-state index contributed by atoms with van der Waals surface area (Å²) in [6.45, 7) is 6.63. The van der Waals surface area contributed by atoms with Gasteiger partial charge in [0.25, 0.3) is 0 Å². The highest BCUT2D eigenvalue weighted by Gasteiger charge is 2.28. The van der Waals surface area contributed by atoms with Gasteiger partial charge in [0.05, 0.1) is 6.42 Å². The van der Waals surface area contributed by atoms with E-state index in [1.54, 1.807) is 20.8 Å². The molecule has 0 aliphatic heterocycles. The van der Waals surface area contributed by atoms with Crippen molar-refractivity contribution in [3.63, 3.8) is 0 Å². The molecule has 2 aromatic carbocycles. The van der Waals surface area contributed by atoms with Crippen LogP contribution in [0.1, 0.15) is 38.8 Å². The van der Waals surface area contributed by atoms with Crippen molar-refractivity contribution in [3.05, 3.63) is 71.3 Å². The zero-order chi connectivity index (χ0) is 23.9. The first-order chi connectivity index (χ1) is 14.9. The number of hydrogen-bond donors (Lipinski definition) is 2. The average molecular weight is 446 g/mol. The molecular weight excluding hydrogens is 418 g/mol. The second-order valence-electron chi connectivity index (χ2n) is 8.53. The summed E-state index contributed by atoms with van der Waals surface area (Å²) in [7, 11) is 0. The fourth-order valence-electron chi connectivity index (χ4n) is 2.97. The van der Waals surface area contributed by atoms with Crippen LogP contribution in [-0.2, 0) is 32.0 Å². The number of ether oxygens (including phenoxy) is 1. The van der Waals surface area contributed by atoms with E-state index in [-0.39, 0.29) is 18.4 Å². The number of carbonyl (C=O) groups is 3. The third-order valence-corrected chi connectivity index (χ3v) is 4.35. The molecule has 0 saturated heterocycles. The van der Waals surface area contributed by atoms with Gasteiger partial charge >= 0.3 is 5.97 Å². The Morgan fingerprint density at radius 3 is 2.09 bits per heavy atom. The summed E-state index contributed by atoms with van der Waals surface area (Å²) >= 11 is 0. The Morgan fingerprint density at radius 1 is 0.938 bits per heavy atom. The van der Waals surface area contributed by atoms with E-state index in [0.29, 0.717) is 6.07 Å². The summed E-state index contributed by atoms with van der Waals surface area (Å²) < 4.78 is 32.0. The highest BCUT2D eigenvalue weighted by Crippen LogP contribution is 2.12. The molecule has 8 heteroatoms. The molecule has 0 saturated carbocycles. The van der Waals surface area contributed by atoms with E-state index in [4.69, 9.17) is 4.74 Å². The summed E-state index contributed by atoms with van der Waals surface area (Å²) in [6.07, 6.45) is -0.0868. The smallest absolute Gasteiger partial charge is 0.329 e. The van der Waals surface area contributed by atoms with Crippen LogP contribution in [0.25, 0.3) is 0 Å². The molecule has 0 spiro atoms. The SMILES string of the molecule is C[C@H](NC(=O)Cc1cc(F)cc(F)c1)C(=O)N[C@@H](Cc1ccccc1)C(=O)OC(C)(C)C. The van der Waals surface area contributed by atoms with Gasteiger partial charge in [-0.05, 0) is 51.0 Å². The van der Waals surface area contributed by atoms with E-state index < -0.39 is 47.1 Å². The van der Waals surface area contributed by atoms with Crippen molar-refractivity contribution in [1.82, 2.24) is 10.6 Å². The summed E-state index contributed by atoms with van der Waals surface area (Å²) in [4.78, 5) is 37.5. The standard InChI is InChI=1S/C24H28F2N2O4/c1-15(27-21(29)13-17-10-18(25)14-19(26)11-17)22(30)28-20(23(31)32-24(2,3)4)12-16-8-6-5-7-9-16/h5-11,14-15,20H,12-13H2,1-4H3,(H,27,29)(H,28,30)/t15-,20-/m0/s1. The van der Waals surface area contributed by atoms with Crippen LogP contribution >= 0.6 is 0 Å². The molecule has 2 atom stereocenters. The van der Waals surface area contributed by atoms with Crippen LogP contribution in [-0.4, -0.2) is 35.5 Å². The van der Waals surface area contributed by atoms with Crippen molar-refractivity contribution in [2.45, 2.75) is 58.2 Å². The topological polar surface area (TPSA) is 84.5 Å². The number of benzene rings is 2. The minimum absolute atomic E-state index is 0.142. The lowest BCUT2D eigenvalue weighted by molar-refractivity contribution is -0.158. The summed E-state index contributed by atoms with van der Waals surface area (Å²) in [6, 6.07) is 10.00. The van der Waals surface area contributed by atoms with Gasteiger partial charge in [0.15, 0.2) is 0 Å². The summed E-state index contributed by atoms with van der Waals surface area (Å²) in [5.74, 6) is -3.35. The lowest BCUT2D eigenvalue weighted by Crippen LogP contribution is -2.52. The Morgan fingerprint density at radius 2 is 1.53 bits per heavy atom. The molecule has 0 unspecified atom stereocenters. The molecule has 0 radical (unpaired) electrons. The fourth-order valence-corrected chi connectivity index (χ4v) is 2.97. The van der Waals surface area contributed by atoms with Crippen LogP contribution in [0.15, 0.2) is 48.5 Å². The quantitative estimate of drug-likeness (QED) is 0.611. The van der Waals surface area contributed by atoms with Gasteiger partial charge in [-0.15, -0.1) is 0 Å². The maximum atomic E-state index is 13.3. The van der Waals surface area contributed by atoms with Gasteiger partial charge in [0.2, 0.25) is 11.8 Å². The second-order valence-corrected chi connectivity index (χ2v) is 8.53. The highest BCUT2D eigenvalue weighted by atomic mass is 19.1. The molecule has 6 nitrogen and oxygen atoms in total.